The van der Waals surface area contributed by atoms with Crippen molar-refractivity contribution < 1.29 is 0 Å². The number of hydrogen-bond acceptors (Lipinski definition) is 2. The monoisotopic (exact) mass is 321 g/mol. The molecular weight excluding hydrogens is 298 g/mol. The van der Waals surface area contributed by atoms with E-state index in [-0.39, 0.29) is 0 Å². The highest BCUT2D eigenvalue weighted by Gasteiger charge is 2.16. The maximum Gasteiger partial charge on any atom is 0.0483 e. The van der Waals surface area contributed by atoms with Crippen LogP contribution in [0.25, 0.3) is 0 Å². The Balaban J connectivity index is 2.23. The lowest BCUT2D eigenvalue weighted by Gasteiger charge is -2.20. The zero-order chi connectivity index (χ0) is 15.2. The van der Waals surface area contributed by atoms with Crippen molar-refractivity contribution in [2.45, 2.75) is 46.1 Å². The first-order valence-corrected chi connectivity index (χ1v) is 8.91. The van der Waals surface area contributed by atoms with Crippen LogP contribution in [0.4, 0.5) is 0 Å². The van der Waals surface area contributed by atoms with Crippen molar-refractivity contribution in [3.8, 4) is 0 Å². The van der Waals surface area contributed by atoms with Crippen molar-refractivity contribution >= 4 is 22.9 Å². The van der Waals surface area contributed by atoms with E-state index in [2.05, 4.69) is 56.4 Å². The molecule has 0 amide bonds. The molecule has 0 saturated heterocycles. The van der Waals surface area contributed by atoms with Gasteiger partial charge in [0.2, 0.25) is 0 Å². The molecule has 1 aromatic carbocycles. The molecular formula is C18H24ClNS. The fourth-order valence-corrected chi connectivity index (χ4v) is 3.73. The Bertz CT molecular complexity index is 576. The van der Waals surface area contributed by atoms with Gasteiger partial charge in [0.1, 0.15) is 0 Å². The minimum absolute atomic E-state index is 0.292. The number of nitrogens with one attached hydrogen (secondary N) is 1. The van der Waals surface area contributed by atoms with Crippen molar-refractivity contribution in [2.24, 2.45) is 0 Å². The average Bonchev–Trinajstić information content (AvgIpc) is 2.94. The molecule has 3 heteroatoms. The fraction of sp³-hybridized carbons (Fsp3) is 0.444. The quantitative estimate of drug-likeness (QED) is 0.704. The molecule has 1 atom stereocenters. The molecule has 2 rings (SSSR count). The Morgan fingerprint density at radius 1 is 1.14 bits per heavy atom. The summed E-state index contributed by atoms with van der Waals surface area (Å²) in [5.41, 5.74) is 2.37. The van der Waals surface area contributed by atoms with Gasteiger partial charge in [-0.05, 0) is 49.6 Å². The lowest BCUT2D eigenvalue weighted by atomic mass is 10.0. The van der Waals surface area contributed by atoms with Gasteiger partial charge in [-0.15, -0.1) is 11.3 Å². The summed E-state index contributed by atoms with van der Waals surface area (Å²) < 4.78 is 0. The van der Waals surface area contributed by atoms with E-state index < -0.39 is 0 Å². The van der Waals surface area contributed by atoms with E-state index in [4.69, 9.17) is 11.6 Å². The molecule has 2 aromatic rings. The number of benzene rings is 1. The molecule has 1 unspecified atom stereocenters. The molecule has 0 aliphatic carbocycles. The van der Waals surface area contributed by atoms with Crippen LogP contribution in [0.2, 0.25) is 5.02 Å². The average molecular weight is 322 g/mol. The van der Waals surface area contributed by atoms with Gasteiger partial charge in [-0.1, -0.05) is 43.6 Å². The summed E-state index contributed by atoms with van der Waals surface area (Å²) >= 11 is 8.45. The Morgan fingerprint density at radius 3 is 2.57 bits per heavy atom. The molecule has 1 N–H and O–H groups in total. The summed E-state index contributed by atoms with van der Waals surface area (Å²) in [7, 11) is 0. The number of thiophene rings is 1. The molecule has 114 valence electrons. The Morgan fingerprint density at radius 2 is 1.90 bits per heavy atom. The SMILES string of the molecule is CCCNC(Cc1ccc(CC)s1)c1cccc(C)c1Cl. The van der Waals surface area contributed by atoms with Gasteiger partial charge in [0.15, 0.2) is 0 Å². The lowest BCUT2D eigenvalue weighted by Crippen LogP contribution is -2.24. The summed E-state index contributed by atoms with van der Waals surface area (Å²) in [6.45, 7) is 7.49. The standard InChI is InChI=1S/C18H24ClNS/c1-4-11-20-17(12-15-10-9-14(5-2)21-15)16-8-6-7-13(3)18(16)19/h6-10,17,20H,4-5,11-12H2,1-3H3. The molecule has 0 aliphatic heterocycles. The number of aryl methyl sites for hydroxylation is 2. The Labute approximate surface area is 137 Å². The molecule has 1 aromatic heterocycles. The fourth-order valence-electron chi connectivity index (χ4n) is 2.47. The molecule has 0 saturated carbocycles. The summed E-state index contributed by atoms with van der Waals surface area (Å²) in [4.78, 5) is 2.88. The zero-order valence-corrected chi connectivity index (χ0v) is 14.7. The third-order valence-corrected chi connectivity index (χ3v) is 5.48. The third-order valence-electron chi connectivity index (χ3n) is 3.71. The van der Waals surface area contributed by atoms with E-state index >= 15 is 0 Å². The van der Waals surface area contributed by atoms with E-state index in [1.165, 1.54) is 15.3 Å². The van der Waals surface area contributed by atoms with E-state index in [9.17, 15) is 0 Å². The van der Waals surface area contributed by atoms with Crippen LogP contribution >= 0.6 is 22.9 Å². The molecule has 0 aliphatic rings. The van der Waals surface area contributed by atoms with Crippen LogP contribution in [0, 0.1) is 6.92 Å². The van der Waals surface area contributed by atoms with Crippen molar-refractivity contribution in [1.29, 1.82) is 0 Å². The maximum absolute atomic E-state index is 6.53. The van der Waals surface area contributed by atoms with E-state index in [0.717, 1.165) is 36.4 Å². The molecule has 1 heterocycles. The normalized spacial score (nSPS) is 12.6. The summed E-state index contributed by atoms with van der Waals surface area (Å²) in [6, 6.07) is 11.1. The largest absolute Gasteiger partial charge is 0.310 e. The van der Waals surface area contributed by atoms with Crippen molar-refractivity contribution in [1.82, 2.24) is 5.32 Å². The molecule has 0 radical (unpaired) electrons. The maximum atomic E-state index is 6.53. The third kappa shape index (κ3) is 4.32. The Kier molecular flexibility index (Phi) is 6.28. The predicted octanol–water partition coefficient (Wildman–Crippen LogP) is 5.56. The first-order chi connectivity index (χ1) is 10.2. The van der Waals surface area contributed by atoms with Gasteiger partial charge >= 0.3 is 0 Å². The van der Waals surface area contributed by atoms with Crippen LogP contribution in [-0.2, 0) is 12.8 Å². The van der Waals surface area contributed by atoms with Gasteiger partial charge in [0.25, 0.3) is 0 Å². The van der Waals surface area contributed by atoms with Crippen molar-refractivity contribution in [3.05, 3.63) is 56.2 Å². The van der Waals surface area contributed by atoms with Crippen LogP contribution in [-0.4, -0.2) is 6.54 Å². The first kappa shape index (κ1) is 16.5. The van der Waals surface area contributed by atoms with Gasteiger partial charge in [-0.3, -0.25) is 0 Å². The van der Waals surface area contributed by atoms with E-state index in [1.54, 1.807) is 0 Å². The van der Waals surface area contributed by atoms with Gasteiger partial charge in [-0.2, -0.15) is 0 Å². The summed E-state index contributed by atoms with van der Waals surface area (Å²) in [6.07, 6.45) is 3.25. The van der Waals surface area contributed by atoms with Crippen molar-refractivity contribution in [2.75, 3.05) is 6.54 Å². The molecule has 1 nitrogen and oxygen atoms in total. The van der Waals surface area contributed by atoms with Crippen molar-refractivity contribution in [3.63, 3.8) is 0 Å². The number of halogens is 1. The van der Waals surface area contributed by atoms with Crippen LogP contribution in [0.15, 0.2) is 30.3 Å². The molecule has 0 bridgehead atoms. The van der Waals surface area contributed by atoms with E-state index in [0.29, 0.717) is 6.04 Å². The van der Waals surface area contributed by atoms with Crippen LogP contribution < -0.4 is 5.32 Å². The molecule has 0 spiro atoms. The van der Waals surface area contributed by atoms with Gasteiger partial charge in [0.05, 0.1) is 0 Å². The second-order valence-corrected chi connectivity index (χ2v) is 7.04. The molecule has 21 heavy (non-hydrogen) atoms. The minimum Gasteiger partial charge on any atom is -0.310 e. The topological polar surface area (TPSA) is 12.0 Å². The van der Waals surface area contributed by atoms with E-state index in [1.807, 2.05) is 11.3 Å². The van der Waals surface area contributed by atoms with Gasteiger partial charge in [0, 0.05) is 27.2 Å². The van der Waals surface area contributed by atoms with Crippen LogP contribution in [0.5, 0.6) is 0 Å². The zero-order valence-electron chi connectivity index (χ0n) is 13.1. The number of rotatable bonds is 7. The van der Waals surface area contributed by atoms with Gasteiger partial charge < -0.3 is 5.32 Å². The highest BCUT2D eigenvalue weighted by Crippen LogP contribution is 2.30. The Hall–Kier alpha value is -0.830. The smallest absolute Gasteiger partial charge is 0.0483 e. The number of hydrogen-bond donors (Lipinski definition) is 1. The highest BCUT2D eigenvalue weighted by atomic mass is 35.5. The molecule has 0 fully saturated rings. The highest BCUT2D eigenvalue weighted by molar-refractivity contribution is 7.11. The minimum atomic E-state index is 0.292. The predicted molar refractivity (Wildman–Crippen MR) is 94.6 cm³/mol. The second-order valence-electron chi connectivity index (χ2n) is 5.41. The first-order valence-electron chi connectivity index (χ1n) is 7.71. The summed E-state index contributed by atoms with van der Waals surface area (Å²) in [5.74, 6) is 0. The van der Waals surface area contributed by atoms with Crippen LogP contribution in [0.1, 0.15) is 47.2 Å². The van der Waals surface area contributed by atoms with Crippen LogP contribution in [0.3, 0.4) is 0 Å². The summed E-state index contributed by atoms with van der Waals surface area (Å²) in [5, 5.41) is 4.55. The van der Waals surface area contributed by atoms with Gasteiger partial charge in [-0.25, -0.2) is 0 Å². The second kappa shape index (κ2) is 7.98. The lowest BCUT2D eigenvalue weighted by molar-refractivity contribution is 0.532.